The number of quaternary nitrogens is 1. The van der Waals surface area contributed by atoms with Crippen LogP contribution in [0.1, 0.15) is 13.8 Å². The van der Waals surface area contributed by atoms with Crippen molar-refractivity contribution in [3.63, 3.8) is 0 Å². The Morgan fingerprint density at radius 1 is 1.32 bits per heavy atom. The standard InChI is InChI=1S/C22H24FN7O4/c1-12(2)19(24)21(31)33-11-15-10-30(22(32)34-15)14-5-6-16(17(23)8-14)13-4-7-18(25-9-13)20-26-27-28-29(20)3/h4-9,12,15,19H,10-11,24H2,1-3H3/p+1. The molecule has 34 heavy (non-hydrogen) atoms. The van der Waals surface area contributed by atoms with Crippen LogP contribution in [0.5, 0.6) is 0 Å². The number of anilines is 1. The minimum Gasteiger partial charge on any atom is -0.457 e. The van der Waals surface area contributed by atoms with E-state index in [0.717, 1.165) is 0 Å². The van der Waals surface area contributed by atoms with Crippen LogP contribution < -0.4 is 10.6 Å². The molecule has 2 aromatic heterocycles. The second kappa shape index (κ2) is 9.51. The number of carbonyl (C=O) groups excluding carboxylic acids is 2. The molecule has 2 unspecified atom stereocenters. The van der Waals surface area contributed by atoms with Gasteiger partial charge in [0.1, 0.15) is 18.1 Å². The minimum absolute atomic E-state index is 0.0341. The topological polar surface area (TPSA) is 140 Å². The number of pyridine rings is 1. The predicted molar refractivity (Wildman–Crippen MR) is 118 cm³/mol. The van der Waals surface area contributed by atoms with Crippen LogP contribution in [0, 0.1) is 11.7 Å². The lowest BCUT2D eigenvalue weighted by Gasteiger charge is -2.15. The number of esters is 1. The molecule has 12 heteroatoms. The average Bonchev–Trinajstić information content (AvgIpc) is 3.42. The van der Waals surface area contributed by atoms with E-state index in [0.29, 0.717) is 28.3 Å². The predicted octanol–water partition coefficient (Wildman–Crippen LogP) is 1.21. The molecule has 11 nitrogen and oxygen atoms in total. The number of aryl methyl sites for hydroxylation is 1. The number of benzene rings is 1. The third-order valence-corrected chi connectivity index (χ3v) is 5.58. The molecule has 178 valence electrons. The maximum absolute atomic E-state index is 15.0. The van der Waals surface area contributed by atoms with E-state index in [9.17, 15) is 14.0 Å². The molecule has 3 N–H and O–H groups in total. The Morgan fingerprint density at radius 2 is 2.12 bits per heavy atom. The van der Waals surface area contributed by atoms with Gasteiger partial charge in [-0.05, 0) is 34.7 Å². The van der Waals surface area contributed by atoms with E-state index >= 15 is 0 Å². The summed E-state index contributed by atoms with van der Waals surface area (Å²) in [6.07, 6.45) is 0.251. The van der Waals surface area contributed by atoms with E-state index in [2.05, 4.69) is 26.2 Å². The van der Waals surface area contributed by atoms with Crippen molar-refractivity contribution in [2.75, 3.05) is 18.1 Å². The summed E-state index contributed by atoms with van der Waals surface area (Å²) >= 11 is 0. The van der Waals surface area contributed by atoms with Gasteiger partial charge in [-0.25, -0.2) is 18.7 Å². The molecule has 3 heterocycles. The number of carbonyl (C=O) groups is 2. The molecule has 1 aromatic carbocycles. The summed E-state index contributed by atoms with van der Waals surface area (Å²) in [6, 6.07) is 7.37. The van der Waals surface area contributed by atoms with Crippen molar-refractivity contribution in [3.05, 3.63) is 42.3 Å². The van der Waals surface area contributed by atoms with E-state index in [-0.39, 0.29) is 19.1 Å². The van der Waals surface area contributed by atoms with Crippen molar-refractivity contribution < 1.29 is 29.2 Å². The largest absolute Gasteiger partial charge is 0.457 e. The lowest BCUT2D eigenvalue weighted by atomic mass is 10.1. The van der Waals surface area contributed by atoms with Crippen LogP contribution in [0.15, 0.2) is 36.5 Å². The first kappa shape index (κ1) is 23.2. The monoisotopic (exact) mass is 470 g/mol. The van der Waals surface area contributed by atoms with Crippen LogP contribution in [0.3, 0.4) is 0 Å². The lowest BCUT2D eigenvalue weighted by Crippen LogP contribution is -2.67. The van der Waals surface area contributed by atoms with Gasteiger partial charge in [-0.2, -0.15) is 0 Å². The number of amides is 1. The molecule has 4 rings (SSSR count). The number of cyclic esters (lactones) is 1. The van der Waals surface area contributed by atoms with E-state index in [1.165, 1.54) is 21.8 Å². The summed E-state index contributed by atoms with van der Waals surface area (Å²) in [6.45, 7) is 3.79. The molecule has 0 saturated carbocycles. The van der Waals surface area contributed by atoms with Crippen LogP contribution in [0.25, 0.3) is 22.6 Å². The van der Waals surface area contributed by atoms with Crippen LogP contribution in [0.4, 0.5) is 14.9 Å². The van der Waals surface area contributed by atoms with Crippen molar-refractivity contribution in [3.8, 4) is 22.6 Å². The van der Waals surface area contributed by atoms with Gasteiger partial charge >= 0.3 is 12.1 Å². The highest BCUT2D eigenvalue weighted by molar-refractivity contribution is 5.90. The number of aromatic nitrogens is 5. The summed E-state index contributed by atoms with van der Waals surface area (Å²) in [5.41, 5.74) is 5.56. The maximum Gasteiger partial charge on any atom is 0.414 e. The normalized spacial score (nSPS) is 16.6. The second-order valence-corrected chi connectivity index (χ2v) is 8.32. The Bertz CT molecular complexity index is 1200. The Hall–Kier alpha value is -3.93. The molecule has 1 amide bonds. The van der Waals surface area contributed by atoms with E-state index in [1.807, 2.05) is 13.8 Å². The first-order valence-corrected chi connectivity index (χ1v) is 10.7. The highest BCUT2D eigenvalue weighted by atomic mass is 19.1. The van der Waals surface area contributed by atoms with Crippen LogP contribution >= 0.6 is 0 Å². The number of hydrogen-bond acceptors (Lipinski definition) is 8. The fourth-order valence-electron chi connectivity index (χ4n) is 3.41. The number of ether oxygens (including phenoxy) is 2. The van der Waals surface area contributed by atoms with Gasteiger partial charge in [0, 0.05) is 30.3 Å². The number of halogens is 1. The summed E-state index contributed by atoms with van der Waals surface area (Å²) in [7, 11) is 1.70. The first-order chi connectivity index (χ1) is 16.2. The average molecular weight is 470 g/mol. The Labute approximate surface area is 194 Å². The molecule has 1 aliphatic rings. The first-order valence-electron chi connectivity index (χ1n) is 10.7. The molecule has 0 spiro atoms. The maximum atomic E-state index is 15.0. The van der Waals surface area contributed by atoms with Gasteiger partial charge in [0.25, 0.3) is 0 Å². The second-order valence-electron chi connectivity index (χ2n) is 8.32. The Balaban J connectivity index is 1.43. The summed E-state index contributed by atoms with van der Waals surface area (Å²) in [5, 5.41) is 11.2. The molecule has 1 fully saturated rings. The van der Waals surface area contributed by atoms with Gasteiger partial charge in [-0.15, -0.1) is 5.10 Å². The van der Waals surface area contributed by atoms with Gasteiger partial charge in [0.15, 0.2) is 18.0 Å². The van der Waals surface area contributed by atoms with Crippen molar-refractivity contribution in [2.45, 2.75) is 26.0 Å². The molecule has 0 radical (unpaired) electrons. The van der Waals surface area contributed by atoms with E-state index < -0.39 is 30.0 Å². The van der Waals surface area contributed by atoms with Gasteiger partial charge < -0.3 is 15.2 Å². The zero-order chi connectivity index (χ0) is 24.4. The zero-order valence-electron chi connectivity index (χ0n) is 19.0. The SMILES string of the molecule is CC(C)C([NH3+])C(=O)OCC1CN(c2ccc(-c3ccc(-c4nnnn4C)nc3)c(F)c2)C(=O)O1. The van der Waals surface area contributed by atoms with Gasteiger partial charge in [0.2, 0.25) is 0 Å². The van der Waals surface area contributed by atoms with Crippen molar-refractivity contribution >= 4 is 17.7 Å². The smallest absolute Gasteiger partial charge is 0.414 e. The summed E-state index contributed by atoms with van der Waals surface area (Å²) in [5.74, 6) is -0.446. The van der Waals surface area contributed by atoms with Gasteiger partial charge in [0.05, 0.1) is 12.2 Å². The molecular formula is C22H25FN7O4+. The molecule has 0 aliphatic carbocycles. The van der Waals surface area contributed by atoms with Gasteiger partial charge in [-0.3, -0.25) is 9.88 Å². The number of hydrogen-bond donors (Lipinski definition) is 1. The highest BCUT2D eigenvalue weighted by Gasteiger charge is 2.34. The molecule has 1 saturated heterocycles. The summed E-state index contributed by atoms with van der Waals surface area (Å²) < 4.78 is 26.9. The molecule has 1 aliphatic heterocycles. The Morgan fingerprint density at radius 3 is 2.74 bits per heavy atom. The van der Waals surface area contributed by atoms with Crippen molar-refractivity contribution in [1.82, 2.24) is 25.2 Å². The highest BCUT2D eigenvalue weighted by Crippen LogP contribution is 2.29. The third-order valence-electron chi connectivity index (χ3n) is 5.58. The molecule has 2 atom stereocenters. The lowest BCUT2D eigenvalue weighted by molar-refractivity contribution is -0.418. The van der Waals surface area contributed by atoms with Crippen molar-refractivity contribution in [2.24, 2.45) is 13.0 Å². The molecule has 3 aromatic rings. The zero-order valence-corrected chi connectivity index (χ0v) is 19.0. The van der Waals surface area contributed by atoms with Crippen molar-refractivity contribution in [1.29, 1.82) is 0 Å². The summed E-state index contributed by atoms with van der Waals surface area (Å²) in [4.78, 5) is 29.9. The fourth-order valence-corrected chi connectivity index (χ4v) is 3.41. The van der Waals surface area contributed by atoms with Gasteiger partial charge in [-0.1, -0.05) is 19.9 Å². The minimum atomic E-state index is -0.648. The van der Waals surface area contributed by atoms with Crippen LogP contribution in [-0.4, -0.2) is 62.6 Å². The van der Waals surface area contributed by atoms with E-state index in [4.69, 9.17) is 9.47 Å². The molecular weight excluding hydrogens is 445 g/mol. The van der Waals surface area contributed by atoms with Crippen LogP contribution in [0.2, 0.25) is 0 Å². The van der Waals surface area contributed by atoms with Crippen LogP contribution in [-0.2, 0) is 21.3 Å². The fraction of sp³-hybridized carbons (Fsp3) is 0.364. The number of rotatable bonds is 7. The number of nitrogens with zero attached hydrogens (tertiary/aromatic N) is 6. The Kier molecular flexibility index (Phi) is 6.50. The third kappa shape index (κ3) is 4.71. The van der Waals surface area contributed by atoms with E-state index in [1.54, 1.807) is 31.3 Å². The molecule has 0 bridgehead atoms. The number of tetrazole rings is 1. The quantitative estimate of drug-likeness (QED) is 0.508.